The Balaban J connectivity index is 1.40. The number of thiophene rings is 1. The zero-order valence-corrected chi connectivity index (χ0v) is 14.7. The lowest BCUT2D eigenvalue weighted by Gasteiger charge is -2.34. The number of carbonyl (C=O) groups excluding carboxylic acids is 1. The van der Waals surface area contributed by atoms with Crippen molar-refractivity contribution in [2.24, 2.45) is 13.0 Å². The van der Waals surface area contributed by atoms with Crippen LogP contribution in [0.4, 0.5) is 0 Å². The van der Waals surface area contributed by atoms with E-state index < -0.39 is 6.10 Å². The van der Waals surface area contributed by atoms with Crippen LogP contribution in [0.25, 0.3) is 0 Å². The molecule has 1 saturated heterocycles. The van der Waals surface area contributed by atoms with E-state index in [0.29, 0.717) is 24.8 Å². The minimum atomic E-state index is -0.550. The maximum atomic E-state index is 12.8. The third-order valence-electron chi connectivity index (χ3n) is 5.30. The first kappa shape index (κ1) is 15.8. The molecule has 1 aliphatic carbocycles. The zero-order chi connectivity index (χ0) is 16.7. The predicted molar refractivity (Wildman–Crippen MR) is 93.1 cm³/mol. The Morgan fingerprint density at radius 1 is 1.33 bits per heavy atom. The normalized spacial score (nSPS) is 20.3. The fourth-order valence-corrected chi connectivity index (χ4v) is 4.60. The van der Waals surface area contributed by atoms with E-state index in [1.165, 1.54) is 18.4 Å². The molecular formula is C18H23N3O2S. The first-order valence-corrected chi connectivity index (χ1v) is 9.55. The van der Waals surface area contributed by atoms with Gasteiger partial charge in [0.05, 0.1) is 4.88 Å². The Labute approximate surface area is 145 Å². The molecular weight excluding hydrogens is 322 g/mol. The molecule has 1 N–H and O–H groups in total. The molecule has 0 bridgehead atoms. The molecule has 1 amide bonds. The first-order valence-electron chi connectivity index (χ1n) is 8.67. The summed E-state index contributed by atoms with van der Waals surface area (Å²) in [7, 11) is 1.90. The van der Waals surface area contributed by atoms with Gasteiger partial charge in [-0.05, 0) is 54.5 Å². The summed E-state index contributed by atoms with van der Waals surface area (Å²) in [5, 5.41) is 12.6. The smallest absolute Gasteiger partial charge is 0.264 e. The van der Waals surface area contributed by atoms with Crippen LogP contribution >= 0.6 is 11.3 Å². The van der Waals surface area contributed by atoms with Gasteiger partial charge >= 0.3 is 0 Å². The van der Waals surface area contributed by atoms with E-state index in [2.05, 4.69) is 11.1 Å². The molecule has 128 valence electrons. The van der Waals surface area contributed by atoms with Crippen LogP contribution in [0.15, 0.2) is 23.8 Å². The lowest BCUT2D eigenvalue weighted by molar-refractivity contribution is 0.0422. The van der Waals surface area contributed by atoms with Crippen molar-refractivity contribution in [3.8, 4) is 0 Å². The molecule has 0 radical (unpaired) electrons. The predicted octanol–water partition coefficient (Wildman–Crippen LogP) is 2.94. The summed E-state index contributed by atoms with van der Waals surface area (Å²) < 4.78 is 1.87. The van der Waals surface area contributed by atoms with Crippen LogP contribution in [0.5, 0.6) is 0 Å². The maximum absolute atomic E-state index is 12.8. The number of rotatable bonds is 4. The monoisotopic (exact) mass is 345 g/mol. The molecule has 6 heteroatoms. The number of imidazole rings is 1. The van der Waals surface area contributed by atoms with E-state index in [9.17, 15) is 9.90 Å². The highest BCUT2D eigenvalue weighted by atomic mass is 32.1. The number of carbonyl (C=O) groups is 1. The Hall–Kier alpha value is -1.66. The number of aliphatic hydroxyl groups is 1. The average molecular weight is 345 g/mol. The van der Waals surface area contributed by atoms with Gasteiger partial charge in [0.25, 0.3) is 5.91 Å². The van der Waals surface area contributed by atoms with Crippen molar-refractivity contribution < 1.29 is 9.90 Å². The third kappa shape index (κ3) is 2.89. The van der Waals surface area contributed by atoms with E-state index >= 15 is 0 Å². The Morgan fingerprint density at radius 3 is 2.71 bits per heavy atom. The van der Waals surface area contributed by atoms with Gasteiger partial charge in [-0.3, -0.25) is 4.79 Å². The summed E-state index contributed by atoms with van der Waals surface area (Å²) in [5.74, 6) is 1.67. The summed E-state index contributed by atoms with van der Waals surface area (Å²) in [4.78, 5) is 20.0. The molecule has 24 heavy (non-hydrogen) atoms. The van der Waals surface area contributed by atoms with Gasteiger partial charge in [0, 0.05) is 32.5 Å². The number of likely N-dealkylation sites (tertiary alicyclic amines) is 1. The number of nitrogens with zero attached hydrogens (tertiary/aromatic N) is 3. The van der Waals surface area contributed by atoms with Crippen LogP contribution in [0.3, 0.4) is 0 Å². The summed E-state index contributed by atoms with van der Waals surface area (Å²) in [6, 6.07) is 2.12. The molecule has 2 aliphatic rings. The minimum absolute atomic E-state index is 0.168. The first-order chi connectivity index (χ1) is 11.6. The number of hydrogen-bond acceptors (Lipinski definition) is 4. The van der Waals surface area contributed by atoms with Crippen molar-refractivity contribution in [3.63, 3.8) is 0 Å². The second-order valence-corrected chi connectivity index (χ2v) is 7.87. The van der Waals surface area contributed by atoms with Crippen LogP contribution in [-0.2, 0) is 7.05 Å². The van der Waals surface area contributed by atoms with Crippen LogP contribution in [-0.4, -0.2) is 38.6 Å². The van der Waals surface area contributed by atoms with Crippen molar-refractivity contribution in [2.45, 2.75) is 37.7 Å². The van der Waals surface area contributed by atoms with Crippen LogP contribution < -0.4 is 0 Å². The van der Waals surface area contributed by atoms with Gasteiger partial charge in [0.2, 0.25) is 0 Å². The van der Waals surface area contributed by atoms with Crippen molar-refractivity contribution >= 4 is 17.2 Å². The molecule has 4 rings (SSSR count). The van der Waals surface area contributed by atoms with E-state index in [1.807, 2.05) is 28.1 Å². The van der Waals surface area contributed by atoms with Gasteiger partial charge < -0.3 is 14.6 Å². The van der Waals surface area contributed by atoms with Crippen LogP contribution in [0.1, 0.15) is 58.8 Å². The zero-order valence-electron chi connectivity index (χ0n) is 13.9. The Kier molecular flexibility index (Phi) is 4.18. The minimum Gasteiger partial charge on any atom is -0.385 e. The lowest BCUT2D eigenvalue weighted by atomic mass is 9.90. The maximum Gasteiger partial charge on any atom is 0.264 e. The van der Waals surface area contributed by atoms with E-state index in [1.54, 1.807) is 17.5 Å². The third-order valence-corrected chi connectivity index (χ3v) is 6.22. The largest absolute Gasteiger partial charge is 0.385 e. The summed E-state index contributed by atoms with van der Waals surface area (Å²) in [6.45, 7) is 1.43. The molecule has 1 saturated carbocycles. The van der Waals surface area contributed by atoms with E-state index in [0.717, 1.165) is 17.7 Å². The summed E-state index contributed by atoms with van der Waals surface area (Å²) >= 11 is 1.57. The van der Waals surface area contributed by atoms with Gasteiger partial charge in [-0.25, -0.2) is 4.98 Å². The molecule has 1 atom stereocenters. The second kappa shape index (κ2) is 6.33. The molecule has 0 aromatic carbocycles. The van der Waals surface area contributed by atoms with Gasteiger partial charge in [-0.2, -0.15) is 0 Å². The molecule has 1 aliphatic heterocycles. The number of piperidine rings is 1. The van der Waals surface area contributed by atoms with Crippen molar-refractivity contribution in [1.29, 1.82) is 0 Å². The summed E-state index contributed by atoms with van der Waals surface area (Å²) in [5.41, 5.74) is 1.25. The second-order valence-electron chi connectivity index (χ2n) is 6.95. The van der Waals surface area contributed by atoms with Crippen molar-refractivity contribution in [2.75, 3.05) is 13.1 Å². The van der Waals surface area contributed by atoms with Gasteiger partial charge in [-0.15, -0.1) is 11.3 Å². The summed E-state index contributed by atoms with van der Waals surface area (Å²) in [6.07, 6.45) is 7.10. The molecule has 2 aromatic heterocycles. The molecule has 5 nitrogen and oxygen atoms in total. The van der Waals surface area contributed by atoms with Crippen molar-refractivity contribution in [3.05, 3.63) is 40.1 Å². The molecule has 2 fully saturated rings. The van der Waals surface area contributed by atoms with Crippen LogP contribution in [0, 0.1) is 5.92 Å². The SMILES string of the molecule is Cn1ccnc1C(O)C1CCN(C(=O)c2sccc2C2CC2)CC1. The highest BCUT2D eigenvalue weighted by molar-refractivity contribution is 7.12. The average Bonchev–Trinajstić information content (AvgIpc) is 3.17. The molecule has 1 unspecified atom stereocenters. The molecule has 2 aromatic rings. The highest BCUT2D eigenvalue weighted by Gasteiger charge is 2.33. The fraction of sp³-hybridized carbons (Fsp3) is 0.556. The standard InChI is InChI=1S/C18H23N3O2S/c1-20-10-7-19-17(20)15(22)13-4-8-21(9-5-13)18(23)16-14(6-11-24-16)12-2-3-12/h6-7,10-13,15,22H,2-5,8-9H2,1H3. The quantitative estimate of drug-likeness (QED) is 0.927. The van der Waals surface area contributed by atoms with E-state index in [-0.39, 0.29) is 11.8 Å². The highest BCUT2D eigenvalue weighted by Crippen LogP contribution is 2.43. The number of aliphatic hydroxyl groups excluding tert-OH is 1. The van der Waals surface area contributed by atoms with Gasteiger partial charge in [-0.1, -0.05) is 0 Å². The fourth-order valence-electron chi connectivity index (χ4n) is 3.64. The number of aromatic nitrogens is 2. The number of aryl methyl sites for hydroxylation is 1. The van der Waals surface area contributed by atoms with Gasteiger partial charge in [0.1, 0.15) is 11.9 Å². The number of amides is 1. The topological polar surface area (TPSA) is 58.4 Å². The molecule has 3 heterocycles. The van der Waals surface area contributed by atoms with E-state index in [4.69, 9.17) is 0 Å². The van der Waals surface area contributed by atoms with Crippen molar-refractivity contribution in [1.82, 2.24) is 14.5 Å². The van der Waals surface area contributed by atoms with Crippen LogP contribution in [0.2, 0.25) is 0 Å². The molecule has 0 spiro atoms. The number of hydrogen-bond donors (Lipinski definition) is 1. The Morgan fingerprint density at radius 2 is 2.08 bits per heavy atom. The van der Waals surface area contributed by atoms with Gasteiger partial charge in [0.15, 0.2) is 0 Å². The Bertz CT molecular complexity index is 726. The lowest BCUT2D eigenvalue weighted by Crippen LogP contribution is -2.40.